The van der Waals surface area contributed by atoms with Crippen molar-refractivity contribution >= 4 is 15.9 Å². The predicted octanol–water partition coefficient (Wildman–Crippen LogP) is 2.65. The molecule has 2 N–H and O–H groups in total. The molecule has 0 aliphatic carbocycles. The number of benzene rings is 3. The molecule has 0 bridgehead atoms. The van der Waals surface area contributed by atoms with Crippen LogP contribution in [0.15, 0.2) is 77.3 Å². The number of halogens is 1. The fraction of sp³-hybridized carbons (Fsp3) is 0.280. The van der Waals surface area contributed by atoms with Crippen LogP contribution < -0.4 is 19.3 Å². The van der Waals surface area contributed by atoms with Gasteiger partial charge in [0.1, 0.15) is 43.2 Å². The molecule has 0 saturated carbocycles. The van der Waals surface area contributed by atoms with Gasteiger partial charge in [-0.15, -0.1) is 0 Å². The summed E-state index contributed by atoms with van der Waals surface area (Å²) >= 11 is 3.69. The van der Waals surface area contributed by atoms with E-state index in [0.717, 1.165) is 42.2 Å². The molecule has 1 aliphatic heterocycles. The highest BCUT2D eigenvalue weighted by Crippen LogP contribution is 2.34. The molecular formula is C25H29BrN2O2+2. The van der Waals surface area contributed by atoms with Crippen LogP contribution in [0.5, 0.6) is 11.5 Å². The largest absolute Gasteiger partial charge is 0.496 e. The van der Waals surface area contributed by atoms with E-state index in [4.69, 9.17) is 9.47 Å². The lowest BCUT2D eigenvalue weighted by Gasteiger charge is -2.26. The van der Waals surface area contributed by atoms with Gasteiger partial charge < -0.3 is 9.47 Å². The first kappa shape index (κ1) is 20.9. The lowest BCUT2D eigenvalue weighted by molar-refractivity contribution is -1.09. The summed E-state index contributed by atoms with van der Waals surface area (Å²) in [6, 6.07) is 25.7. The summed E-state index contributed by atoms with van der Waals surface area (Å²) in [5.41, 5.74) is 3.95. The van der Waals surface area contributed by atoms with Crippen LogP contribution in [-0.4, -0.2) is 27.3 Å². The number of hydrogen-bond donors (Lipinski definition) is 2. The van der Waals surface area contributed by atoms with E-state index in [-0.39, 0.29) is 6.17 Å². The number of quaternary nitrogens is 2. The second-order valence-electron chi connectivity index (χ2n) is 7.80. The van der Waals surface area contributed by atoms with Gasteiger partial charge in [-0.2, -0.15) is 0 Å². The Kier molecular flexibility index (Phi) is 6.72. The maximum atomic E-state index is 5.82. The first-order chi connectivity index (χ1) is 14.7. The molecule has 4 nitrogen and oxygen atoms in total. The Bertz CT molecular complexity index is 916. The van der Waals surface area contributed by atoms with Crippen molar-refractivity contribution in [2.45, 2.75) is 19.3 Å². The average molecular weight is 469 g/mol. The molecule has 5 heteroatoms. The van der Waals surface area contributed by atoms with Crippen LogP contribution >= 0.6 is 15.9 Å². The van der Waals surface area contributed by atoms with Crippen LogP contribution in [0, 0.1) is 0 Å². The zero-order valence-electron chi connectivity index (χ0n) is 17.5. The molecular weight excluding hydrogens is 440 g/mol. The summed E-state index contributed by atoms with van der Waals surface area (Å²) in [6.45, 7) is 4.23. The normalized spacial score (nSPS) is 20.8. The lowest BCUT2D eigenvalue weighted by atomic mass is 10.1. The van der Waals surface area contributed by atoms with Crippen LogP contribution in [0.2, 0.25) is 0 Å². The molecule has 1 aliphatic rings. The van der Waals surface area contributed by atoms with Crippen molar-refractivity contribution in [1.82, 2.24) is 0 Å². The van der Waals surface area contributed by atoms with Gasteiger partial charge in [0.25, 0.3) is 0 Å². The van der Waals surface area contributed by atoms with Crippen molar-refractivity contribution in [3.05, 3.63) is 94.0 Å². The van der Waals surface area contributed by atoms with E-state index in [1.807, 2.05) is 6.07 Å². The van der Waals surface area contributed by atoms with E-state index in [0.29, 0.717) is 0 Å². The van der Waals surface area contributed by atoms with Gasteiger partial charge in [-0.25, -0.2) is 0 Å². The van der Waals surface area contributed by atoms with Crippen molar-refractivity contribution in [1.29, 1.82) is 0 Å². The molecule has 30 heavy (non-hydrogen) atoms. The minimum absolute atomic E-state index is 0.280. The molecule has 3 aromatic rings. The highest BCUT2D eigenvalue weighted by Gasteiger charge is 2.42. The topological polar surface area (TPSA) is 27.3 Å². The van der Waals surface area contributed by atoms with Gasteiger partial charge in [-0.3, -0.25) is 9.80 Å². The molecule has 0 radical (unpaired) electrons. The van der Waals surface area contributed by atoms with E-state index >= 15 is 0 Å². The van der Waals surface area contributed by atoms with Crippen LogP contribution in [0.25, 0.3) is 0 Å². The molecule has 1 heterocycles. The lowest BCUT2D eigenvalue weighted by Crippen LogP contribution is -3.22. The molecule has 1 saturated heterocycles. The molecule has 156 valence electrons. The van der Waals surface area contributed by atoms with E-state index in [1.165, 1.54) is 16.7 Å². The van der Waals surface area contributed by atoms with Gasteiger partial charge in [-0.1, -0.05) is 60.7 Å². The second kappa shape index (κ2) is 9.65. The highest BCUT2D eigenvalue weighted by molar-refractivity contribution is 9.10. The molecule has 0 aromatic heterocycles. The molecule has 0 amide bonds. The quantitative estimate of drug-likeness (QED) is 0.557. The Labute approximate surface area is 187 Å². The third kappa shape index (κ3) is 4.53. The van der Waals surface area contributed by atoms with Crippen LogP contribution in [0.1, 0.15) is 22.9 Å². The SMILES string of the molecule is COc1cc(OC)c(C2[NH+](Cc3ccccc3)CC[NH+]2Cc2ccccc2)cc1Br. The molecule has 1 fully saturated rings. The first-order valence-electron chi connectivity index (χ1n) is 10.4. The summed E-state index contributed by atoms with van der Waals surface area (Å²) in [5, 5.41) is 0. The second-order valence-corrected chi connectivity index (χ2v) is 8.66. The number of methoxy groups -OCH3 is 2. The fourth-order valence-corrected chi connectivity index (χ4v) is 5.07. The van der Waals surface area contributed by atoms with Gasteiger partial charge in [-0.05, 0) is 22.0 Å². The van der Waals surface area contributed by atoms with Gasteiger partial charge >= 0.3 is 0 Å². The van der Waals surface area contributed by atoms with E-state index < -0.39 is 0 Å². The number of nitrogens with one attached hydrogen (secondary N) is 2. The molecule has 3 aromatic carbocycles. The molecule has 2 atom stereocenters. The summed E-state index contributed by atoms with van der Waals surface area (Å²) in [6.07, 6.45) is 0.280. The average Bonchev–Trinajstić information content (AvgIpc) is 3.16. The Morgan fingerprint density at radius 1 is 0.767 bits per heavy atom. The highest BCUT2D eigenvalue weighted by atomic mass is 79.9. The Balaban J connectivity index is 1.71. The van der Waals surface area contributed by atoms with Crippen LogP contribution in [0.3, 0.4) is 0 Å². The molecule has 2 unspecified atom stereocenters. The third-order valence-corrected chi connectivity index (χ3v) is 6.57. The van der Waals surface area contributed by atoms with E-state index in [2.05, 4.69) is 82.7 Å². The molecule has 0 spiro atoms. The summed E-state index contributed by atoms with van der Waals surface area (Å²) in [7, 11) is 3.43. The summed E-state index contributed by atoms with van der Waals surface area (Å²) < 4.78 is 12.3. The van der Waals surface area contributed by atoms with Crippen molar-refractivity contribution < 1.29 is 19.3 Å². The number of ether oxygens (including phenoxy) is 2. The zero-order chi connectivity index (χ0) is 20.9. The maximum absolute atomic E-state index is 5.82. The van der Waals surface area contributed by atoms with Crippen molar-refractivity contribution in [2.75, 3.05) is 27.3 Å². The van der Waals surface area contributed by atoms with E-state index in [1.54, 1.807) is 24.0 Å². The van der Waals surface area contributed by atoms with Crippen molar-refractivity contribution in [2.24, 2.45) is 0 Å². The minimum atomic E-state index is 0.280. The molecule has 4 rings (SSSR count). The number of hydrogen-bond acceptors (Lipinski definition) is 2. The third-order valence-electron chi connectivity index (χ3n) is 5.95. The van der Waals surface area contributed by atoms with Crippen LogP contribution in [0.4, 0.5) is 0 Å². The Morgan fingerprint density at radius 2 is 1.27 bits per heavy atom. The van der Waals surface area contributed by atoms with Gasteiger partial charge in [0.05, 0.1) is 18.7 Å². The van der Waals surface area contributed by atoms with Crippen molar-refractivity contribution in [3.8, 4) is 11.5 Å². The van der Waals surface area contributed by atoms with Gasteiger partial charge in [0.2, 0.25) is 6.17 Å². The van der Waals surface area contributed by atoms with Crippen LogP contribution in [-0.2, 0) is 13.1 Å². The smallest absolute Gasteiger partial charge is 0.244 e. The maximum Gasteiger partial charge on any atom is 0.244 e. The van der Waals surface area contributed by atoms with Gasteiger partial charge in [0.15, 0.2) is 0 Å². The monoisotopic (exact) mass is 468 g/mol. The zero-order valence-corrected chi connectivity index (χ0v) is 19.1. The Morgan fingerprint density at radius 3 is 1.73 bits per heavy atom. The fourth-order valence-electron chi connectivity index (χ4n) is 4.54. The minimum Gasteiger partial charge on any atom is -0.496 e. The Hall–Kier alpha value is -2.34. The van der Waals surface area contributed by atoms with Crippen molar-refractivity contribution in [3.63, 3.8) is 0 Å². The predicted molar refractivity (Wildman–Crippen MR) is 122 cm³/mol. The standard InChI is InChI=1S/C25H27BrN2O2/c1-29-23-16-24(30-2)22(26)15-21(23)25-27(17-19-9-5-3-6-10-19)13-14-28(25)18-20-11-7-4-8-12-20/h3-12,15-16,25H,13-14,17-18H2,1-2H3/p+2. The van der Waals surface area contributed by atoms with Gasteiger partial charge in [0, 0.05) is 17.2 Å². The number of rotatable bonds is 7. The summed E-state index contributed by atoms with van der Waals surface area (Å²) in [4.78, 5) is 3.12. The first-order valence-corrected chi connectivity index (χ1v) is 11.2. The van der Waals surface area contributed by atoms with E-state index in [9.17, 15) is 0 Å². The summed E-state index contributed by atoms with van der Waals surface area (Å²) in [5.74, 6) is 1.68.